The molecule has 0 spiro atoms. The van der Waals surface area contributed by atoms with Gasteiger partial charge < -0.3 is 14.7 Å². The fourth-order valence-electron chi connectivity index (χ4n) is 1.79. The smallest absolute Gasteiger partial charge is 0.224 e. The van der Waals surface area contributed by atoms with E-state index < -0.39 is 0 Å². The molecule has 4 nitrogen and oxygen atoms in total. The van der Waals surface area contributed by atoms with Gasteiger partial charge in [0.05, 0.1) is 13.0 Å². The van der Waals surface area contributed by atoms with Gasteiger partial charge in [-0.05, 0) is 24.1 Å². The number of benzene rings is 1. The highest BCUT2D eigenvalue weighted by Crippen LogP contribution is 2.07. The number of amides is 1. The Bertz CT molecular complexity index is 485. The molecule has 21 heavy (non-hydrogen) atoms. The molecule has 1 aromatic rings. The average molecular weight is 289 g/mol. The molecule has 1 amide bonds. The first-order chi connectivity index (χ1) is 10.2. The lowest BCUT2D eigenvalue weighted by Gasteiger charge is -2.17. The molecule has 0 heterocycles. The minimum absolute atomic E-state index is 0.0789. The molecule has 0 aliphatic carbocycles. The van der Waals surface area contributed by atoms with Gasteiger partial charge in [-0.3, -0.25) is 4.79 Å². The van der Waals surface area contributed by atoms with Gasteiger partial charge in [0.1, 0.15) is 6.61 Å². The van der Waals surface area contributed by atoms with Crippen LogP contribution in [0.15, 0.2) is 24.3 Å². The molecule has 0 bridgehead atoms. The third kappa shape index (κ3) is 6.94. The van der Waals surface area contributed by atoms with Crippen molar-refractivity contribution in [2.24, 2.45) is 0 Å². The van der Waals surface area contributed by atoms with Crippen molar-refractivity contribution < 1.29 is 14.6 Å². The molecule has 0 fully saturated rings. The zero-order valence-electron chi connectivity index (χ0n) is 12.8. The van der Waals surface area contributed by atoms with Crippen LogP contribution < -0.4 is 0 Å². The van der Waals surface area contributed by atoms with Crippen molar-refractivity contribution in [2.75, 3.05) is 26.9 Å². The van der Waals surface area contributed by atoms with Gasteiger partial charge >= 0.3 is 0 Å². The van der Waals surface area contributed by atoms with Crippen molar-refractivity contribution in [2.45, 2.75) is 26.3 Å². The number of ether oxygens (including phenoxy) is 1. The maximum absolute atomic E-state index is 11.9. The first-order valence-electron chi connectivity index (χ1n) is 7.17. The Morgan fingerprint density at radius 2 is 2.00 bits per heavy atom. The molecule has 0 unspecified atom stereocenters. The van der Waals surface area contributed by atoms with Gasteiger partial charge in [-0.2, -0.15) is 0 Å². The van der Waals surface area contributed by atoms with Crippen LogP contribution in [-0.2, 0) is 16.1 Å². The normalized spacial score (nSPS) is 9.86. The largest absolute Gasteiger partial charge is 0.384 e. The van der Waals surface area contributed by atoms with E-state index in [1.807, 2.05) is 31.2 Å². The van der Waals surface area contributed by atoms with E-state index in [-0.39, 0.29) is 12.5 Å². The molecule has 1 aromatic carbocycles. The number of carbonyl (C=O) groups is 1. The van der Waals surface area contributed by atoms with Crippen LogP contribution in [-0.4, -0.2) is 42.8 Å². The minimum atomic E-state index is -0.140. The fourth-order valence-corrected chi connectivity index (χ4v) is 1.79. The van der Waals surface area contributed by atoms with E-state index in [4.69, 9.17) is 9.84 Å². The second-order valence-corrected chi connectivity index (χ2v) is 4.77. The van der Waals surface area contributed by atoms with Gasteiger partial charge in [0.15, 0.2) is 0 Å². The van der Waals surface area contributed by atoms with Crippen molar-refractivity contribution in [3.8, 4) is 11.8 Å². The van der Waals surface area contributed by atoms with Gasteiger partial charge in [-0.1, -0.05) is 30.9 Å². The van der Waals surface area contributed by atoms with Crippen LogP contribution in [0.25, 0.3) is 0 Å². The lowest BCUT2D eigenvalue weighted by atomic mass is 10.1. The highest BCUT2D eigenvalue weighted by molar-refractivity contribution is 5.75. The summed E-state index contributed by atoms with van der Waals surface area (Å²) >= 11 is 0. The summed E-state index contributed by atoms with van der Waals surface area (Å²) in [6, 6.07) is 7.67. The SMILES string of the molecule is CCCOCCC(=O)N(C)Cc1ccc(C#CCO)cc1. The molecule has 0 aliphatic rings. The monoisotopic (exact) mass is 289 g/mol. The van der Waals surface area contributed by atoms with Crippen LogP contribution in [0.1, 0.15) is 30.9 Å². The second kappa shape index (κ2) is 9.98. The van der Waals surface area contributed by atoms with Crippen LogP contribution in [0.3, 0.4) is 0 Å². The van der Waals surface area contributed by atoms with E-state index in [0.717, 1.165) is 17.5 Å². The molecule has 0 saturated heterocycles. The Labute approximate surface area is 126 Å². The number of aliphatic hydroxyl groups excluding tert-OH is 1. The standard InChI is InChI=1S/C17H23NO3/c1-3-12-21-13-10-17(20)18(2)14-16-8-6-15(7-9-16)5-4-11-19/h6-9,19H,3,10-14H2,1-2H3. The van der Waals surface area contributed by atoms with E-state index >= 15 is 0 Å². The highest BCUT2D eigenvalue weighted by Gasteiger charge is 2.08. The van der Waals surface area contributed by atoms with Crippen LogP contribution in [0, 0.1) is 11.8 Å². The first-order valence-corrected chi connectivity index (χ1v) is 7.17. The topological polar surface area (TPSA) is 49.8 Å². The molecule has 1 N–H and O–H groups in total. The third-order valence-electron chi connectivity index (χ3n) is 2.92. The van der Waals surface area contributed by atoms with Gasteiger partial charge in [-0.25, -0.2) is 0 Å². The molecule has 4 heteroatoms. The second-order valence-electron chi connectivity index (χ2n) is 4.77. The first kappa shape index (κ1) is 17.2. The number of carbonyl (C=O) groups excluding carboxylic acids is 1. The van der Waals surface area contributed by atoms with E-state index in [9.17, 15) is 4.79 Å². The molecule has 1 rings (SSSR count). The van der Waals surface area contributed by atoms with Gasteiger partial charge in [-0.15, -0.1) is 0 Å². The number of rotatable bonds is 7. The Morgan fingerprint density at radius 3 is 2.62 bits per heavy atom. The van der Waals surface area contributed by atoms with Crippen LogP contribution in [0.5, 0.6) is 0 Å². The van der Waals surface area contributed by atoms with E-state index in [1.165, 1.54) is 0 Å². The summed E-state index contributed by atoms with van der Waals surface area (Å²) in [5.74, 6) is 5.52. The molecule has 0 aromatic heterocycles. The Kier molecular flexibility index (Phi) is 8.18. The third-order valence-corrected chi connectivity index (χ3v) is 2.92. The zero-order chi connectivity index (χ0) is 15.5. The fraction of sp³-hybridized carbons (Fsp3) is 0.471. The molecule has 0 saturated carbocycles. The number of nitrogens with zero attached hydrogens (tertiary/aromatic N) is 1. The summed E-state index contributed by atoms with van der Waals surface area (Å²) in [5, 5.41) is 8.64. The maximum atomic E-state index is 11.9. The predicted molar refractivity (Wildman–Crippen MR) is 82.6 cm³/mol. The summed E-state index contributed by atoms with van der Waals surface area (Å²) < 4.78 is 5.32. The average Bonchev–Trinajstić information content (AvgIpc) is 2.50. The molecule has 0 aliphatic heterocycles. The lowest BCUT2D eigenvalue weighted by molar-refractivity contribution is -0.131. The van der Waals surface area contributed by atoms with E-state index in [0.29, 0.717) is 26.2 Å². The number of aliphatic hydroxyl groups is 1. The summed E-state index contributed by atoms with van der Waals surface area (Å²) in [5.41, 5.74) is 1.91. The van der Waals surface area contributed by atoms with E-state index in [2.05, 4.69) is 11.8 Å². The predicted octanol–water partition coefficient (Wildman–Crippen LogP) is 1.81. The van der Waals surface area contributed by atoms with E-state index in [1.54, 1.807) is 11.9 Å². The molecular weight excluding hydrogens is 266 g/mol. The highest BCUT2D eigenvalue weighted by atomic mass is 16.5. The van der Waals surface area contributed by atoms with Crippen LogP contribution in [0.4, 0.5) is 0 Å². The Morgan fingerprint density at radius 1 is 1.29 bits per heavy atom. The zero-order valence-corrected chi connectivity index (χ0v) is 12.8. The minimum Gasteiger partial charge on any atom is -0.384 e. The maximum Gasteiger partial charge on any atom is 0.224 e. The van der Waals surface area contributed by atoms with Crippen molar-refractivity contribution >= 4 is 5.91 Å². The number of hydrogen-bond acceptors (Lipinski definition) is 3. The van der Waals surface area contributed by atoms with Gasteiger partial charge in [0.25, 0.3) is 0 Å². The van der Waals surface area contributed by atoms with Crippen LogP contribution >= 0.6 is 0 Å². The van der Waals surface area contributed by atoms with Crippen molar-refractivity contribution in [1.29, 1.82) is 0 Å². The lowest BCUT2D eigenvalue weighted by Crippen LogP contribution is -2.27. The van der Waals surface area contributed by atoms with Gasteiger partial charge in [0, 0.05) is 25.8 Å². The Hall–Kier alpha value is -1.83. The molecule has 114 valence electrons. The summed E-state index contributed by atoms with van der Waals surface area (Å²) in [6.07, 6.45) is 1.38. The van der Waals surface area contributed by atoms with Crippen molar-refractivity contribution in [3.05, 3.63) is 35.4 Å². The summed E-state index contributed by atoms with van der Waals surface area (Å²) in [6.45, 7) is 3.65. The molecule has 0 radical (unpaired) electrons. The Balaban J connectivity index is 2.43. The van der Waals surface area contributed by atoms with Crippen molar-refractivity contribution in [3.63, 3.8) is 0 Å². The van der Waals surface area contributed by atoms with Crippen molar-refractivity contribution in [1.82, 2.24) is 4.90 Å². The summed E-state index contributed by atoms with van der Waals surface area (Å²) in [7, 11) is 1.79. The molecule has 0 atom stereocenters. The quantitative estimate of drug-likeness (QED) is 0.615. The number of hydrogen-bond donors (Lipinski definition) is 1. The summed E-state index contributed by atoms with van der Waals surface area (Å²) in [4.78, 5) is 13.6. The molecular formula is C17H23NO3. The van der Waals surface area contributed by atoms with Gasteiger partial charge in [0.2, 0.25) is 5.91 Å². The van der Waals surface area contributed by atoms with Crippen LogP contribution in [0.2, 0.25) is 0 Å².